The van der Waals surface area contributed by atoms with Gasteiger partial charge in [0.2, 0.25) is 0 Å². The van der Waals surface area contributed by atoms with E-state index < -0.39 is 0 Å². The second kappa shape index (κ2) is 7.51. The molecule has 7 heteroatoms. The van der Waals surface area contributed by atoms with Gasteiger partial charge in [-0.1, -0.05) is 41.4 Å². The third kappa shape index (κ3) is 3.90. The van der Waals surface area contributed by atoms with E-state index in [0.29, 0.717) is 27.0 Å². The van der Waals surface area contributed by atoms with E-state index in [1.54, 1.807) is 28.9 Å². The fourth-order valence-corrected chi connectivity index (χ4v) is 2.67. The normalized spacial score (nSPS) is 11.0. The first kappa shape index (κ1) is 17.2. The molecule has 3 rings (SSSR count). The van der Waals surface area contributed by atoms with Crippen LogP contribution < -0.4 is 5.43 Å². The molecule has 1 aromatic heterocycles. The molecule has 0 bridgehead atoms. The highest BCUT2D eigenvalue weighted by atomic mass is 35.5. The molecule has 1 amide bonds. The predicted octanol–water partition coefficient (Wildman–Crippen LogP) is 4.25. The summed E-state index contributed by atoms with van der Waals surface area (Å²) in [6.07, 6.45) is 1.48. The number of hydrogen-bond donors (Lipinski definition) is 1. The summed E-state index contributed by atoms with van der Waals surface area (Å²) < 4.78 is 1.62. The van der Waals surface area contributed by atoms with Gasteiger partial charge in [-0.05, 0) is 43.3 Å². The standard InChI is InChI=1S/C18H14Cl2N4O/c1-12-16(17(20)24(23-12)15-5-3-2-4-6-15)11-21-22-18(25)13-7-9-14(19)10-8-13/h2-11H,1H3,(H,22,25)/b21-11-. The topological polar surface area (TPSA) is 59.3 Å². The maximum atomic E-state index is 12.0. The van der Waals surface area contributed by atoms with Gasteiger partial charge >= 0.3 is 0 Å². The first-order valence-electron chi connectivity index (χ1n) is 7.46. The highest BCUT2D eigenvalue weighted by Crippen LogP contribution is 2.21. The van der Waals surface area contributed by atoms with Crippen molar-refractivity contribution in [2.75, 3.05) is 0 Å². The van der Waals surface area contributed by atoms with Crippen molar-refractivity contribution in [1.82, 2.24) is 15.2 Å². The van der Waals surface area contributed by atoms with Gasteiger partial charge in [0.25, 0.3) is 5.91 Å². The lowest BCUT2D eigenvalue weighted by molar-refractivity contribution is 0.0955. The molecular formula is C18H14Cl2N4O. The maximum Gasteiger partial charge on any atom is 0.271 e. The molecule has 0 saturated carbocycles. The minimum absolute atomic E-state index is 0.336. The van der Waals surface area contributed by atoms with Crippen molar-refractivity contribution in [3.8, 4) is 5.69 Å². The first-order chi connectivity index (χ1) is 12.1. The molecule has 1 N–H and O–H groups in total. The summed E-state index contributed by atoms with van der Waals surface area (Å²) in [7, 11) is 0. The molecule has 2 aromatic carbocycles. The Kier molecular flexibility index (Phi) is 5.16. The summed E-state index contributed by atoms with van der Waals surface area (Å²) >= 11 is 12.2. The van der Waals surface area contributed by atoms with Crippen LogP contribution in [0.2, 0.25) is 10.2 Å². The van der Waals surface area contributed by atoms with E-state index >= 15 is 0 Å². The van der Waals surface area contributed by atoms with Crippen LogP contribution in [-0.4, -0.2) is 21.9 Å². The fraction of sp³-hybridized carbons (Fsp3) is 0.0556. The van der Waals surface area contributed by atoms with Crippen LogP contribution in [0.25, 0.3) is 5.69 Å². The monoisotopic (exact) mass is 372 g/mol. The van der Waals surface area contributed by atoms with Crippen molar-refractivity contribution in [1.29, 1.82) is 0 Å². The summed E-state index contributed by atoms with van der Waals surface area (Å²) in [6.45, 7) is 1.83. The molecule has 25 heavy (non-hydrogen) atoms. The minimum atomic E-state index is -0.336. The smallest absolute Gasteiger partial charge is 0.267 e. The Morgan fingerprint density at radius 2 is 1.80 bits per heavy atom. The van der Waals surface area contributed by atoms with Gasteiger partial charge < -0.3 is 0 Å². The number of amides is 1. The van der Waals surface area contributed by atoms with E-state index in [1.807, 2.05) is 37.3 Å². The summed E-state index contributed by atoms with van der Waals surface area (Å²) in [5, 5.41) is 9.38. The second-order valence-corrected chi connectivity index (χ2v) is 6.04. The number of hydrogen-bond acceptors (Lipinski definition) is 3. The number of hydrazone groups is 1. The van der Waals surface area contributed by atoms with E-state index in [9.17, 15) is 4.79 Å². The van der Waals surface area contributed by atoms with Gasteiger partial charge in [0, 0.05) is 10.6 Å². The van der Waals surface area contributed by atoms with Crippen molar-refractivity contribution in [2.45, 2.75) is 6.92 Å². The molecule has 0 atom stereocenters. The zero-order chi connectivity index (χ0) is 17.8. The van der Waals surface area contributed by atoms with Crippen molar-refractivity contribution in [2.24, 2.45) is 5.10 Å². The number of rotatable bonds is 4. The van der Waals surface area contributed by atoms with Gasteiger partial charge in [-0.3, -0.25) is 4.79 Å². The van der Waals surface area contributed by atoms with E-state index in [2.05, 4.69) is 15.6 Å². The number of aromatic nitrogens is 2. The summed E-state index contributed by atoms with van der Waals surface area (Å²) in [4.78, 5) is 12.0. The van der Waals surface area contributed by atoms with Gasteiger partial charge in [0.05, 0.1) is 23.2 Å². The van der Waals surface area contributed by atoms with Gasteiger partial charge in [-0.2, -0.15) is 10.2 Å². The number of aryl methyl sites for hydroxylation is 1. The van der Waals surface area contributed by atoms with Crippen LogP contribution in [0.5, 0.6) is 0 Å². The van der Waals surface area contributed by atoms with Crippen LogP contribution in [0.1, 0.15) is 21.6 Å². The number of nitrogens with one attached hydrogen (secondary N) is 1. The lowest BCUT2D eigenvalue weighted by Gasteiger charge is -2.02. The van der Waals surface area contributed by atoms with Gasteiger partial charge in [-0.15, -0.1) is 0 Å². The average molecular weight is 373 g/mol. The van der Waals surface area contributed by atoms with E-state index in [4.69, 9.17) is 23.2 Å². The number of halogens is 2. The van der Waals surface area contributed by atoms with E-state index in [1.165, 1.54) is 6.21 Å². The largest absolute Gasteiger partial charge is 0.271 e. The lowest BCUT2D eigenvalue weighted by Crippen LogP contribution is -2.17. The third-order valence-electron chi connectivity index (χ3n) is 3.51. The number of para-hydroxylation sites is 1. The Balaban J connectivity index is 1.77. The number of benzene rings is 2. The molecule has 0 saturated heterocycles. The summed E-state index contributed by atoms with van der Waals surface area (Å²) in [5.74, 6) is -0.336. The molecule has 0 unspecified atom stereocenters. The summed E-state index contributed by atoms with van der Waals surface area (Å²) in [5.41, 5.74) is 5.12. The number of carbonyl (C=O) groups excluding carboxylic acids is 1. The predicted molar refractivity (Wildman–Crippen MR) is 99.8 cm³/mol. The fourth-order valence-electron chi connectivity index (χ4n) is 2.22. The Labute approximate surface area is 154 Å². The Morgan fingerprint density at radius 3 is 2.48 bits per heavy atom. The lowest BCUT2D eigenvalue weighted by atomic mass is 10.2. The molecule has 126 valence electrons. The quantitative estimate of drug-likeness (QED) is 0.549. The van der Waals surface area contributed by atoms with E-state index in [0.717, 1.165) is 5.69 Å². The molecule has 0 spiro atoms. The molecule has 1 heterocycles. The zero-order valence-corrected chi connectivity index (χ0v) is 14.8. The van der Waals surface area contributed by atoms with Crippen LogP contribution >= 0.6 is 23.2 Å². The number of carbonyl (C=O) groups is 1. The van der Waals surface area contributed by atoms with Crippen LogP contribution in [0.15, 0.2) is 59.7 Å². The molecule has 0 aliphatic carbocycles. The molecule has 0 aliphatic heterocycles. The Bertz CT molecular complexity index is 918. The minimum Gasteiger partial charge on any atom is -0.267 e. The highest BCUT2D eigenvalue weighted by Gasteiger charge is 2.13. The molecule has 0 fully saturated rings. The highest BCUT2D eigenvalue weighted by molar-refractivity contribution is 6.32. The van der Waals surface area contributed by atoms with Crippen LogP contribution in [0.4, 0.5) is 0 Å². The van der Waals surface area contributed by atoms with Crippen molar-refractivity contribution >= 4 is 35.3 Å². The van der Waals surface area contributed by atoms with E-state index in [-0.39, 0.29) is 5.91 Å². The average Bonchev–Trinajstić information content (AvgIpc) is 2.91. The van der Waals surface area contributed by atoms with Crippen LogP contribution in [0.3, 0.4) is 0 Å². The van der Waals surface area contributed by atoms with Crippen molar-refractivity contribution in [3.05, 3.63) is 81.6 Å². The maximum absolute atomic E-state index is 12.0. The zero-order valence-electron chi connectivity index (χ0n) is 13.3. The van der Waals surface area contributed by atoms with Gasteiger partial charge in [-0.25, -0.2) is 10.1 Å². The van der Waals surface area contributed by atoms with Crippen molar-refractivity contribution in [3.63, 3.8) is 0 Å². The molecule has 0 radical (unpaired) electrons. The van der Waals surface area contributed by atoms with Gasteiger partial charge in [0.1, 0.15) is 5.15 Å². The second-order valence-electron chi connectivity index (χ2n) is 5.24. The molecule has 0 aliphatic rings. The van der Waals surface area contributed by atoms with Crippen LogP contribution in [0, 0.1) is 6.92 Å². The third-order valence-corrected chi connectivity index (χ3v) is 4.13. The van der Waals surface area contributed by atoms with Crippen molar-refractivity contribution < 1.29 is 4.79 Å². The Hall–Kier alpha value is -2.63. The number of nitrogens with zero attached hydrogens (tertiary/aromatic N) is 3. The SMILES string of the molecule is Cc1nn(-c2ccccc2)c(Cl)c1/C=N\NC(=O)c1ccc(Cl)cc1. The Morgan fingerprint density at radius 1 is 1.12 bits per heavy atom. The molecular weight excluding hydrogens is 359 g/mol. The summed E-state index contributed by atoms with van der Waals surface area (Å²) in [6, 6.07) is 16.1. The van der Waals surface area contributed by atoms with Gasteiger partial charge in [0.15, 0.2) is 0 Å². The first-order valence-corrected chi connectivity index (χ1v) is 8.21. The molecule has 5 nitrogen and oxygen atoms in total. The molecule has 3 aromatic rings. The van der Waals surface area contributed by atoms with Crippen LogP contribution in [-0.2, 0) is 0 Å².